The number of methoxy groups -OCH3 is 2. The molecule has 2 atom stereocenters. The minimum atomic E-state index is -0.795. The Hall–Kier alpha value is -2.04. The molecule has 1 aliphatic carbocycles. The molecular formula is C16H19NO4. The van der Waals surface area contributed by atoms with Gasteiger partial charge in [-0.25, -0.2) is 0 Å². The molecule has 1 saturated heterocycles. The van der Waals surface area contributed by atoms with E-state index >= 15 is 0 Å². The van der Waals surface area contributed by atoms with Crippen molar-refractivity contribution in [3.8, 4) is 11.5 Å². The molecule has 1 aromatic rings. The maximum absolute atomic E-state index is 12.8. The highest BCUT2D eigenvalue weighted by Gasteiger charge is 2.57. The summed E-state index contributed by atoms with van der Waals surface area (Å²) in [5.74, 6) is 0.310. The van der Waals surface area contributed by atoms with E-state index in [0.717, 1.165) is 12.8 Å². The maximum atomic E-state index is 12.8. The summed E-state index contributed by atoms with van der Waals surface area (Å²) in [5.41, 5.74) is -0.127. The lowest BCUT2D eigenvalue weighted by molar-refractivity contribution is -0.125. The topological polar surface area (TPSA) is 64.6 Å². The average Bonchev–Trinajstić information content (AvgIpc) is 3.29. The fraction of sp³-hybridized carbons (Fsp3) is 0.500. The van der Waals surface area contributed by atoms with Crippen LogP contribution in [0.5, 0.6) is 11.5 Å². The van der Waals surface area contributed by atoms with Crippen LogP contribution in [0.15, 0.2) is 18.2 Å². The second-order valence-corrected chi connectivity index (χ2v) is 5.87. The van der Waals surface area contributed by atoms with Crippen LogP contribution in [-0.2, 0) is 9.59 Å². The number of nitrogens with one attached hydrogen (secondary N) is 1. The van der Waals surface area contributed by atoms with Crippen LogP contribution in [0.4, 0.5) is 0 Å². The van der Waals surface area contributed by atoms with Gasteiger partial charge in [0.25, 0.3) is 0 Å². The van der Waals surface area contributed by atoms with Crippen LogP contribution in [0.3, 0.4) is 0 Å². The third-order valence-electron chi connectivity index (χ3n) is 4.56. The number of rotatable bonds is 4. The van der Waals surface area contributed by atoms with Crippen molar-refractivity contribution in [1.82, 2.24) is 5.32 Å². The summed E-state index contributed by atoms with van der Waals surface area (Å²) in [6.07, 6.45) is 1.99. The van der Waals surface area contributed by atoms with Crippen molar-refractivity contribution in [3.63, 3.8) is 0 Å². The van der Waals surface area contributed by atoms with Gasteiger partial charge in [0.1, 0.15) is 17.4 Å². The predicted molar refractivity (Wildman–Crippen MR) is 76.6 cm³/mol. The molecule has 2 unspecified atom stereocenters. The van der Waals surface area contributed by atoms with E-state index in [0.29, 0.717) is 17.1 Å². The Morgan fingerprint density at radius 1 is 1.19 bits per heavy atom. The highest BCUT2D eigenvalue weighted by Crippen LogP contribution is 2.46. The minimum Gasteiger partial charge on any atom is -0.497 e. The first kappa shape index (κ1) is 13.9. The Morgan fingerprint density at radius 2 is 1.90 bits per heavy atom. The molecule has 1 aliphatic heterocycles. The van der Waals surface area contributed by atoms with Crippen LogP contribution in [0.1, 0.15) is 31.2 Å². The maximum Gasteiger partial charge on any atom is 0.236 e. The lowest BCUT2D eigenvalue weighted by Crippen LogP contribution is -2.45. The number of ether oxygens (including phenoxy) is 2. The molecule has 2 fully saturated rings. The minimum absolute atomic E-state index is 0.0570. The lowest BCUT2D eigenvalue weighted by Gasteiger charge is -2.22. The number of amides is 1. The smallest absolute Gasteiger partial charge is 0.236 e. The average molecular weight is 289 g/mol. The molecule has 21 heavy (non-hydrogen) atoms. The monoisotopic (exact) mass is 289 g/mol. The summed E-state index contributed by atoms with van der Waals surface area (Å²) in [6, 6.07) is 5.17. The van der Waals surface area contributed by atoms with E-state index in [1.54, 1.807) is 25.3 Å². The second-order valence-electron chi connectivity index (χ2n) is 5.87. The van der Waals surface area contributed by atoms with Gasteiger partial charge in [-0.05, 0) is 31.7 Å². The van der Waals surface area contributed by atoms with Gasteiger partial charge in [0.15, 0.2) is 5.78 Å². The summed E-state index contributed by atoms with van der Waals surface area (Å²) < 4.78 is 10.5. The summed E-state index contributed by atoms with van der Waals surface area (Å²) in [6.45, 7) is 1.83. The quantitative estimate of drug-likeness (QED) is 0.856. The molecule has 1 amide bonds. The Balaban J connectivity index is 2.00. The molecule has 1 N–H and O–H groups in total. The van der Waals surface area contributed by atoms with Gasteiger partial charge in [0.2, 0.25) is 5.91 Å². The number of ketones is 1. The van der Waals surface area contributed by atoms with Crippen molar-refractivity contribution in [1.29, 1.82) is 0 Å². The molecule has 112 valence electrons. The van der Waals surface area contributed by atoms with Crippen LogP contribution in [0, 0.1) is 5.92 Å². The number of hydrogen-bond donors (Lipinski definition) is 1. The van der Waals surface area contributed by atoms with E-state index in [-0.39, 0.29) is 17.6 Å². The van der Waals surface area contributed by atoms with Crippen molar-refractivity contribution in [2.24, 2.45) is 5.92 Å². The Morgan fingerprint density at radius 3 is 2.48 bits per heavy atom. The van der Waals surface area contributed by atoms with Crippen LogP contribution in [0.25, 0.3) is 0 Å². The molecule has 1 aromatic carbocycles. The van der Waals surface area contributed by atoms with E-state index in [9.17, 15) is 9.59 Å². The van der Waals surface area contributed by atoms with Gasteiger partial charge in [0, 0.05) is 11.6 Å². The van der Waals surface area contributed by atoms with Gasteiger partial charge < -0.3 is 14.8 Å². The molecule has 0 bridgehead atoms. The first-order valence-electron chi connectivity index (χ1n) is 7.09. The molecule has 1 saturated carbocycles. The van der Waals surface area contributed by atoms with Gasteiger partial charge >= 0.3 is 0 Å². The zero-order chi connectivity index (χ0) is 15.2. The predicted octanol–water partition coefficient (Wildman–Crippen LogP) is 1.65. The van der Waals surface area contributed by atoms with Gasteiger partial charge in [-0.2, -0.15) is 0 Å². The molecule has 5 heteroatoms. The molecule has 3 rings (SSSR count). The fourth-order valence-electron chi connectivity index (χ4n) is 3.11. The number of hydrogen-bond acceptors (Lipinski definition) is 4. The van der Waals surface area contributed by atoms with Crippen LogP contribution >= 0.6 is 0 Å². The molecule has 0 aromatic heterocycles. The zero-order valence-corrected chi connectivity index (χ0v) is 12.4. The second kappa shape index (κ2) is 4.76. The van der Waals surface area contributed by atoms with Gasteiger partial charge in [-0.1, -0.05) is 6.07 Å². The van der Waals surface area contributed by atoms with E-state index in [2.05, 4.69) is 5.32 Å². The van der Waals surface area contributed by atoms with Crippen LogP contribution < -0.4 is 14.8 Å². The van der Waals surface area contributed by atoms with Crippen molar-refractivity contribution in [2.45, 2.75) is 31.2 Å². The molecule has 5 nitrogen and oxygen atoms in total. The molecular weight excluding hydrogens is 270 g/mol. The van der Waals surface area contributed by atoms with Gasteiger partial charge in [0.05, 0.1) is 19.8 Å². The van der Waals surface area contributed by atoms with Crippen LogP contribution in [-0.4, -0.2) is 31.4 Å². The molecule has 0 radical (unpaired) electrons. The highest BCUT2D eigenvalue weighted by molar-refractivity contribution is 6.17. The highest BCUT2D eigenvalue weighted by atomic mass is 16.5. The molecule has 1 heterocycles. The van der Waals surface area contributed by atoms with Crippen molar-refractivity contribution in [3.05, 3.63) is 23.8 Å². The first-order chi connectivity index (χ1) is 10.0. The largest absolute Gasteiger partial charge is 0.497 e. The fourth-order valence-corrected chi connectivity index (χ4v) is 3.11. The lowest BCUT2D eigenvalue weighted by atomic mass is 9.85. The summed E-state index contributed by atoms with van der Waals surface area (Å²) in [7, 11) is 3.09. The van der Waals surface area contributed by atoms with E-state index in [1.807, 2.05) is 6.92 Å². The molecule has 0 spiro atoms. The normalized spacial score (nSPS) is 28.4. The van der Waals surface area contributed by atoms with E-state index in [4.69, 9.17) is 9.47 Å². The number of carbonyl (C=O) groups excluding carboxylic acids is 2. The zero-order valence-electron chi connectivity index (χ0n) is 12.4. The van der Waals surface area contributed by atoms with Crippen LogP contribution in [0.2, 0.25) is 0 Å². The van der Waals surface area contributed by atoms with Crippen molar-refractivity contribution < 1.29 is 19.1 Å². The van der Waals surface area contributed by atoms with Gasteiger partial charge in [-0.3, -0.25) is 9.59 Å². The van der Waals surface area contributed by atoms with E-state index in [1.165, 1.54) is 7.11 Å². The van der Waals surface area contributed by atoms with Crippen molar-refractivity contribution in [2.75, 3.05) is 14.2 Å². The number of benzene rings is 1. The standard InChI is InChI=1S/C16H19NO4/c1-16(9-4-5-9)14(18)13(15(19)17-16)11-7-6-10(20-2)8-12(11)21-3/h6-9,13H,4-5H2,1-3H3,(H,17,19). The van der Waals surface area contributed by atoms with E-state index < -0.39 is 11.5 Å². The Kier molecular flexibility index (Phi) is 3.15. The summed E-state index contributed by atoms with van der Waals surface area (Å²) >= 11 is 0. The summed E-state index contributed by atoms with van der Waals surface area (Å²) in [5, 5.41) is 2.90. The van der Waals surface area contributed by atoms with Crippen molar-refractivity contribution >= 4 is 11.7 Å². The Bertz CT molecular complexity index is 608. The SMILES string of the molecule is COc1ccc(C2C(=O)NC(C)(C3CC3)C2=O)c(OC)c1. The third kappa shape index (κ3) is 2.07. The first-order valence-corrected chi connectivity index (χ1v) is 7.09. The summed E-state index contributed by atoms with van der Waals surface area (Å²) in [4.78, 5) is 25.1. The number of Topliss-reactive ketones (excluding diaryl/α,β-unsaturated/α-hetero) is 1. The third-order valence-corrected chi connectivity index (χ3v) is 4.56. The number of carbonyl (C=O) groups is 2. The Labute approximate surface area is 123 Å². The van der Waals surface area contributed by atoms with Gasteiger partial charge in [-0.15, -0.1) is 0 Å². The molecule has 2 aliphatic rings.